The van der Waals surface area contributed by atoms with Gasteiger partial charge < -0.3 is 4.74 Å². The molecule has 1 atom stereocenters. The fourth-order valence-corrected chi connectivity index (χ4v) is 2.39. The van der Waals surface area contributed by atoms with E-state index in [1.165, 1.54) is 0 Å². The minimum atomic E-state index is -4.55. The second-order valence-electron chi connectivity index (χ2n) is 4.96. The Morgan fingerprint density at radius 2 is 1.70 bits per heavy atom. The maximum Gasteiger partial charge on any atom is 0.500 e. The predicted octanol–water partition coefficient (Wildman–Crippen LogP) is 4.33. The Labute approximate surface area is 135 Å². The summed E-state index contributed by atoms with van der Waals surface area (Å²) in [5.74, 6) is 0.489. The van der Waals surface area contributed by atoms with Crippen LogP contribution in [0.4, 0.5) is 13.2 Å². The number of hydrogen-bond donors (Lipinski definition) is 0. The molecule has 1 aliphatic rings. The van der Waals surface area contributed by atoms with Gasteiger partial charge in [0, 0.05) is 10.6 Å². The molecule has 0 bridgehead atoms. The van der Waals surface area contributed by atoms with E-state index >= 15 is 0 Å². The lowest BCUT2D eigenvalue weighted by molar-refractivity contribution is -0.244. The molecule has 120 valence electrons. The van der Waals surface area contributed by atoms with Crippen molar-refractivity contribution in [1.82, 2.24) is 5.01 Å². The summed E-state index contributed by atoms with van der Waals surface area (Å²) in [7, 11) is 0. The number of hydrogen-bond acceptors (Lipinski definition) is 3. The van der Waals surface area contributed by atoms with Gasteiger partial charge in [-0.25, -0.2) is 5.01 Å². The molecule has 2 aromatic carbocycles. The molecule has 0 spiro atoms. The van der Waals surface area contributed by atoms with Gasteiger partial charge in [-0.05, 0) is 24.3 Å². The molecule has 0 saturated carbocycles. The van der Waals surface area contributed by atoms with E-state index in [-0.39, 0.29) is 10.7 Å². The van der Waals surface area contributed by atoms with E-state index in [0.717, 1.165) is 0 Å². The lowest BCUT2D eigenvalue weighted by Gasteiger charge is -2.19. The molecule has 0 amide bonds. The quantitative estimate of drug-likeness (QED) is 0.777. The zero-order chi connectivity index (χ0) is 16.4. The minimum Gasteiger partial charge on any atom is -0.482 e. The van der Waals surface area contributed by atoms with Crippen LogP contribution in [0.25, 0.3) is 0 Å². The maximum atomic E-state index is 13.0. The summed E-state index contributed by atoms with van der Waals surface area (Å²) in [5, 5.41) is 4.28. The highest BCUT2D eigenvalue weighted by Gasteiger charge is 2.44. The first-order chi connectivity index (χ1) is 10.9. The van der Waals surface area contributed by atoms with Gasteiger partial charge in [0.2, 0.25) is 0 Å². The zero-order valence-corrected chi connectivity index (χ0v) is 12.6. The molecule has 2 aromatic rings. The first-order valence-corrected chi connectivity index (χ1v) is 7.22. The molecule has 3 nitrogen and oxygen atoms in total. The lowest BCUT2D eigenvalue weighted by Crippen LogP contribution is -2.37. The Kier molecular flexibility index (Phi) is 4.17. The Morgan fingerprint density at radius 3 is 2.30 bits per heavy atom. The van der Waals surface area contributed by atoms with Gasteiger partial charge in [0.1, 0.15) is 11.5 Å². The van der Waals surface area contributed by atoms with Gasteiger partial charge in [-0.3, -0.25) is 0 Å². The number of para-hydroxylation sites is 1. The van der Waals surface area contributed by atoms with Crippen molar-refractivity contribution in [3.8, 4) is 5.75 Å². The highest BCUT2D eigenvalue weighted by Crippen LogP contribution is 2.29. The second-order valence-corrected chi connectivity index (χ2v) is 5.40. The van der Waals surface area contributed by atoms with Crippen LogP contribution in [0.5, 0.6) is 5.75 Å². The van der Waals surface area contributed by atoms with Crippen LogP contribution in [0.2, 0.25) is 5.02 Å². The third-order valence-electron chi connectivity index (χ3n) is 3.33. The number of nitrogens with zero attached hydrogens (tertiary/aromatic N) is 2. The summed E-state index contributed by atoms with van der Waals surface area (Å²) in [5.41, 5.74) is 0.768. The molecule has 0 aromatic heterocycles. The van der Waals surface area contributed by atoms with Crippen LogP contribution in [-0.4, -0.2) is 29.7 Å². The Morgan fingerprint density at radius 1 is 1.04 bits per heavy atom. The average molecular weight is 341 g/mol. The van der Waals surface area contributed by atoms with Crippen molar-refractivity contribution in [1.29, 1.82) is 0 Å². The molecule has 1 unspecified atom stereocenters. The molecule has 0 fully saturated rings. The monoisotopic (exact) mass is 340 g/mol. The van der Waals surface area contributed by atoms with Crippen LogP contribution >= 0.6 is 11.6 Å². The number of hydrazone groups is 1. The first kappa shape index (κ1) is 15.7. The number of benzene rings is 2. The fourth-order valence-electron chi connectivity index (χ4n) is 2.26. The van der Waals surface area contributed by atoms with Gasteiger partial charge in [0.15, 0.2) is 6.10 Å². The summed E-state index contributed by atoms with van der Waals surface area (Å²) < 4.78 is 44.6. The number of ether oxygens (including phenoxy) is 1. The van der Waals surface area contributed by atoms with Gasteiger partial charge in [-0.15, -0.1) is 13.2 Å². The van der Waals surface area contributed by atoms with Crippen molar-refractivity contribution >= 4 is 17.3 Å². The summed E-state index contributed by atoms with van der Waals surface area (Å²) in [6.45, 7) is -0.393. The van der Waals surface area contributed by atoms with E-state index < -0.39 is 18.9 Å². The topological polar surface area (TPSA) is 24.8 Å². The average Bonchev–Trinajstić information content (AvgIpc) is 2.93. The minimum absolute atomic E-state index is 0.0878. The molecule has 1 aliphatic heterocycles. The SMILES string of the molecule is FC(F)(F)N1CC(Oc2ccccc2)C(c2ccc(Cl)cc2)=N1. The molecule has 0 saturated heterocycles. The Hall–Kier alpha value is -2.21. The van der Waals surface area contributed by atoms with Crippen LogP contribution < -0.4 is 4.74 Å². The third kappa shape index (κ3) is 3.59. The molecule has 1 heterocycles. The van der Waals surface area contributed by atoms with Crippen LogP contribution in [-0.2, 0) is 0 Å². The van der Waals surface area contributed by atoms with Crippen LogP contribution in [0, 0.1) is 0 Å². The normalized spacial score (nSPS) is 18.0. The van der Waals surface area contributed by atoms with Crippen molar-refractivity contribution in [2.45, 2.75) is 12.4 Å². The maximum absolute atomic E-state index is 13.0. The number of alkyl halides is 3. The van der Waals surface area contributed by atoms with Crippen LogP contribution in [0.1, 0.15) is 5.56 Å². The molecule has 0 N–H and O–H groups in total. The molecular weight excluding hydrogens is 329 g/mol. The molecular formula is C16H12ClF3N2O. The molecule has 23 heavy (non-hydrogen) atoms. The molecule has 0 radical (unpaired) electrons. The van der Waals surface area contributed by atoms with E-state index in [1.807, 2.05) is 0 Å². The van der Waals surface area contributed by atoms with Gasteiger partial charge >= 0.3 is 6.30 Å². The lowest BCUT2D eigenvalue weighted by atomic mass is 10.1. The van der Waals surface area contributed by atoms with Crippen molar-refractivity contribution in [2.75, 3.05) is 6.54 Å². The summed E-state index contributed by atoms with van der Waals surface area (Å²) in [4.78, 5) is 0. The van der Waals surface area contributed by atoms with E-state index in [4.69, 9.17) is 16.3 Å². The van der Waals surface area contributed by atoms with E-state index in [2.05, 4.69) is 5.10 Å². The predicted molar refractivity (Wildman–Crippen MR) is 81.6 cm³/mol. The van der Waals surface area contributed by atoms with Crippen molar-refractivity contribution in [2.24, 2.45) is 5.10 Å². The highest BCUT2D eigenvalue weighted by molar-refractivity contribution is 6.30. The molecule has 0 aliphatic carbocycles. The first-order valence-electron chi connectivity index (χ1n) is 6.84. The summed E-state index contributed by atoms with van der Waals surface area (Å²) >= 11 is 5.82. The molecule has 3 rings (SSSR count). The number of rotatable bonds is 3. The van der Waals surface area contributed by atoms with Crippen LogP contribution in [0.3, 0.4) is 0 Å². The van der Waals surface area contributed by atoms with E-state index in [9.17, 15) is 13.2 Å². The van der Waals surface area contributed by atoms with Gasteiger partial charge in [-0.2, -0.15) is 5.10 Å². The summed E-state index contributed by atoms with van der Waals surface area (Å²) in [6, 6.07) is 15.2. The number of halogens is 4. The van der Waals surface area contributed by atoms with Crippen molar-refractivity contribution in [3.05, 3.63) is 65.2 Å². The standard InChI is InChI=1S/C16H12ClF3N2O/c17-12-8-6-11(7-9-12)15-14(10-22(21-15)16(18,19)20)23-13-4-2-1-3-5-13/h1-9,14H,10H2. The molecule has 7 heteroatoms. The van der Waals surface area contributed by atoms with Gasteiger partial charge in [0.25, 0.3) is 0 Å². The largest absolute Gasteiger partial charge is 0.500 e. The van der Waals surface area contributed by atoms with Crippen LogP contribution in [0.15, 0.2) is 59.7 Å². The van der Waals surface area contributed by atoms with E-state index in [0.29, 0.717) is 16.3 Å². The zero-order valence-electron chi connectivity index (χ0n) is 11.8. The Balaban J connectivity index is 1.91. The van der Waals surface area contributed by atoms with Crippen molar-refractivity contribution in [3.63, 3.8) is 0 Å². The fraction of sp³-hybridized carbons (Fsp3) is 0.188. The van der Waals surface area contributed by atoms with Gasteiger partial charge in [0.05, 0.1) is 6.54 Å². The van der Waals surface area contributed by atoms with E-state index in [1.54, 1.807) is 54.6 Å². The Bertz CT molecular complexity index is 702. The third-order valence-corrected chi connectivity index (χ3v) is 3.58. The van der Waals surface area contributed by atoms with Crippen molar-refractivity contribution < 1.29 is 17.9 Å². The second kappa shape index (κ2) is 6.12. The highest BCUT2D eigenvalue weighted by atomic mass is 35.5. The smallest absolute Gasteiger partial charge is 0.482 e. The van der Waals surface area contributed by atoms with Gasteiger partial charge in [-0.1, -0.05) is 41.9 Å². The summed E-state index contributed by atoms with van der Waals surface area (Å²) in [6.07, 6.45) is -5.37.